The predicted molar refractivity (Wildman–Crippen MR) is 265 cm³/mol. The molecule has 5 N–H and O–H groups in total. The SMILES string of the molecule is CC.CC(C)(C)OC(=O)CCCCCOc1cccc(-c2cccc(C(N)=O)n2)c1.C[C@H]1C/C=C\CCCCC[C@H](NC(=O)OC(C)(C)C)C(=O)N2CCC[C@H]2C(=O)NC1C(=O)NS(=O)(=O)C1CC1. The molecule has 0 spiro atoms. The zero-order valence-electron chi connectivity index (χ0n) is 42.3. The van der Waals surface area contributed by atoms with E-state index in [1.165, 1.54) is 4.90 Å². The van der Waals surface area contributed by atoms with Gasteiger partial charge in [0, 0.05) is 18.5 Å². The number of aromatic nitrogens is 1. The molecule has 4 atom stereocenters. The number of alkyl carbamates (subject to hydrolysis) is 1. The van der Waals surface area contributed by atoms with Crippen molar-refractivity contribution in [1.82, 2.24) is 25.2 Å². The van der Waals surface area contributed by atoms with Crippen molar-refractivity contribution in [3.8, 4) is 17.0 Å². The smallest absolute Gasteiger partial charge is 0.408 e. The Kier molecular flexibility index (Phi) is 23.1. The molecule has 384 valence electrons. The number of rotatable bonds is 13. The van der Waals surface area contributed by atoms with Gasteiger partial charge in [0.25, 0.3) is 11.8 Å². The normalized spacial score (nSPS) is 20.8. The summed E-state index contributed by atoms with van der Waals surface area (Å²) in [6.07, 6.45) is 12.4. The van der Waals surface area contributed by atoms with E-state index in [4.69, 9.17) is 19.9 Å². The lowest BCUT2D eigenvalue weighted by molar-refractivity contribution is -0.155. The van der Waals surface area contributed by atoms with E-state index in [0.717, 1.165) is 56.3 Å². The molecule has 3 heterocycles. The first-order valence-corrected chi connectivity index (χ1v) is 26.1. The van der Waals surface area contributed by atoms with Gasteiger partial charge in [-0.3, -0.25) is 28.7 Å². The Morgan fingerprint density at radius 2 is 1.55 bits per heavy atom. The van der Waals surface area contributed by atoms with Crippen molar-refractivity contribution in [1.29, 1.82) is 0 Å². The van der Waals surface area contributed by atoms with E-state index in [9.17, 15) is 37.2 Å². The van der Waals surface area contributed by atoms with E-state index in [1.54, 1.807) is 39.8 Å². The third-order valence-electron chi connectivity index (χ3n) is 11.1. The van der Waals surface area contributed by atoms with Gasteiger partial charge in [-0.2, -0.15) is 0 Å². The van der Waals surface area contributed by atoms with E-state index < -0.39 is 68.4 Å². The van der Waals surface area contributed by atoms with Crippen molar-refractivity contribution in [3.63, 3.8) is 0 Å². The minimum absolute atomic E-state index is 0.160. The number of unbranched alkanes of at least 4 members (excludes halogenated alkanes) is 2. The Balaban J connectivity index is 0.000000371. The Labute approximate surface area is 409 Å². The summed E-state index contributed by atoms with van der Waals surface area (Å²) >= 11 is 0. The highest BCUT2D eigenvalue weighted by Gasteiger charge is 2.42. The molecule has 2 aliphatic heterocycles. The number of allylic oxidation sites excluding steroid dienone is 2. The summed E-state index contributed by atoms with van der Waals surface area (Å²) < 4.78 is 43.5. The lowest BCUT2D eigenvalue weighted by Gasteiger charge is -2.31. The van der Waals surface area contributed by atoms with Gasteiger partial charge in [0.1, 0.15) is 40.8 Å². The Morgan fingerprint density at radius 3 is 2.22 bits per heavy atom. The number of hydrogen-bond acceptors (Lipinski definition) is 12. The quantitative estimate of drug-likeness (QED) is 0.0859. The van der Waals surface area contributed by atoms with Crippen LogP contribution in [0.4, 0.5) is 4.79 Å². The van der Waals surface area contributed by atoms with E-state index in [-0.39, 0.29) is 23.5 Å². The second-order valence-corrected chi connectivity index (χ2v) is 21.4. The highest BCUT2D eigenvalue weighted by Crippen LogP contribution is 2.28. The number of benzene rings is 1. The number of nitrogens with zero attached hydrogens (tertiary/aromatic N) is 2. The van der Waals surface area contributed by atoms with Crippen LogP contribution < -0.4 is 25.8 Å². The molecule has 2 fully saturated rings. The molecule has 5 rings (SSSR count). The Bertz CT molecular complexity index is 2160. The second-order valence-electron chi connectivity index (χ2n) is 19.5. The number of carbonyl (C=O) groups excluding carboxylic acids is 6. The largest absolute Gasteiger partial charge is 0.494 e. The van der Waals surface area contributed by atoms with Crippen LogP contribution in [0.5, 0.6) is 5.75 Å². The number of nitrogens with one attached hydrogen (secondary N) is 3. The van der Waals surface area contributed by atoms with Crippen molar-refractivity contribution in [2.45, 2.75) is 187 Å². The van der Waals surface area contributed by atoms with Crippen LogP contribution in [0.2, 0.25) is 0 Å². The average molecular weight is 983 g/mol. The highest BCUT2D eigenvalue weighted by atomic mass is 32.2. The van der Waals surface area contributed by atoms with Crippen LogP contribution in [-0.2, 0) is 38.7 Å². The standard InChI is InChI=1S/C27H44N4O7S.C22H28N2O4.C2H6/c1-18-12-9-7-5-6-8-10-13-20(28-26(35)38-27(2,3)4)25(34)31-17-11-14-21(31)23(32)29-22(18)24(33)30-39(36,37)19-15-16-19;1-22(2,3)28-20(25)13-5-4-6-14-27-17-10-7-9-16(15-17)18-11-8-12-19(24-18)21(23)26;1-2/h7,9,18-22H,5-6,8,10-17H2,1-4H3,(H,28,35)(H,29,32)(H,30,33);7-12,15H,4-6,13-14H2,1-3H3,(H2,23,26);1-2H3/b9-7-;;/t18-,20-,21-,22?;;/m0../s1. The molecule has 3 aliphatic rings. The maximum absolute atomic E-state index is 13.6. The molecule has 1 aromatic carbocycles. The van der Waals surface area contributed by atoms with Gasteiger partial charge in [-0.05, 0) is 142 Å². The summed E-state index contributed by atoms with van der Waals surface area (Å²) in [5.41, 5.74) is 5.88. The number of esters is 1. The van der Waals surface area contributed by atoms with E-state index in [2.05, 4.69) is 20.3 Å². The molecule has 0 bridgehead atoms. The zero-order valence-corrected chi connectivity index (χ0v) is 43.1. The highest BCUT2D eigenvalue weighted by molar-refractivity contribution is 7.90. The van der Waals surface area contributed by atoms with Crippen molar-refractivity contribution in [3.05, 3.63) is 60.3 Å². The zero-order chi connectivity index (χ0) is 51.4. The van der Waals surface area contributed by atoms with Crippen LogP contribution in [0, 0.1) is 5.92 Å². The van der Waals surface area contributed by atoms with Gasteiger partial charge >= 0.3 is 12.1 Å². The van der Waals surface area contributed by atoms with E-state index >= 15 is 0 Å². The first kappa shape index (κ1) is 57.8. The van der Waals surface area contributed by atoms with Crippen LogP contribution >= 0.6 is 0 Å². The number of primary amides is 1. The number of carbonyl (C=O) groups is 6. The Morgan fingerprint density at radius 1 is 0.855 bits per heavy atom. The van der Waals surface area contributed by atoms with E-state index in [0.29, 0.717) is 63.8 Å². The average Bonchev–Trinajstić information content (AvgIpc) is 4.04. The maximum atomic E-state index is 13.6. The van der Waals surface area contributed by atoms with E-state index in [1.807, 2.05) is 77.1 Å². The fourth-order valence-electron chi connectivity index (χ4n) is 7.55. The predicted octanol–water partition coefficient (Wildman–Crippen LogP) is 7.67. The van der Waals surface area contributed by atoms with Crippen molar-refractivity contribution >= 4 is 45.7 Å². The molecule has 5 amide bonds. The van der Waals surface area contributed by atoms with Gasteiger partial charge in [0.05, 0.1) is 17.6 Å². The monoisotopic (exact) mass is 983 g/mol. The van der Waals surface area contributed by atoms with Gasteiger partial charge in [-0.15, -0.1) is 0 Å². The van der Waals surface area contributed by atoms with Gasteiger partial charge in [0.15, 0.2) is 0 Å². The topological polar surface area (TPSA) is 242 Å². The summed E-state index contributed by atoms with van der Waals surface area (Å²) in [5.74, 6) is -2.00. The molecule has 1 saturated carbocycles. The van der Waals surface area contributed by atoms with Gasteiger partial charge < -0.3 is 35.5 Å². The van der Waals surface area contributed by atoms with Crippen LogP contribution in [0.15, 0.2) is 54.6 Å². The maximum Gasteiger partial charge on any atom is 0.408 e. The fraction of sp³-hybridized carbons (Fsp3) is 0.627. The second kappa shape index (κ2) is 27.6. The summed E-state index contributed by atoms with van der Waals surface area (Å²) in [6, 6.07) is 9.94. The van der Waals surface area contributed by atoms with Crippen molar-refractivity contribution in [2.24, 2.45) is 11.7 Å². The van der Waals surface area contributed by atoms with Crippen LogP contribution in [0.3, 0.4) is 0 Å². The molecule has 1 unspecified atom stereocenters. The lowest BCUT2D eigenvalue weighted by atomic mass is 9.96. The summed E-state index contributed by atoms with van der Waals surface area (Å²) in [4.78, 5) is 81.4. The number of fused-ring (bicyclic) bond motifs is 1. The number of ether oxygens (including phenoxy) is 3. The molecule has 1 aromatic heterocycles. The first-order valence-electron chi connectivity index (χ1n) is 24.6. The summed E-state index contributed by atoms with van der Waals surface area (Å²) in [5, 5.41) is 4.88. The lowest BCUT2D eigenvalue weighted by Crippen LogP contribution is -2.58. The molecule has 69 heavy (non-hydrogen) atoms. The van der Waals surface area contributed by atoms with Crippen LogP contribution in [-0.4, -0.2) is 102 Å². The molecular weight excluding hydrogens is 905 g/mol. The van der Waals surface area contributed by atoms with Gasteiger partial charge in [-0.25, -0.2) is 18.2 Å². The molecule has 1 aliphatic carbocycles. The molecule has 1 saturated heterocycles. The minimum Gasteiger partial charge on any atom is -0.494 e. The molecule has 0 radical (unpaired) electrons. The molecule has 18 heteroatoms. The molecule has 2 aromatic rings. The van der Waals surface area contributed by atoms with Gasteiger partial charge in [0.2, 0.25) is 21.8 Å². The minimum atomic E-state index is -3.79. The summed E-state index contributed by atoms with van der Waals surface area (Å²) in [6.45, 7) is 17.5. The van der Waals surface area contributed by atoms with Gasteiger partial charge in [-0.1, -0.05) is 64.0 Å². The third kappa shape index (κ3) is 20.9. The number of pyridine rings is 1. The summed E-state index contributed by atoms with van der Waals surface area (Å²) in [7, 11) is -3.79. The number of sulfonamides is 1. The molecule has 17 nitrogen and oxygen atoms in total. The fourth-order valence-corrected chi connectivity index (χ4v) is 8.88. The Hall–Kier alpha value is -5.52. The van der Waals surface area contributed by atoms with Crippen molar-refractivity contribution in [2.75, 3.05) is 13.2 Å². The number of hydrogen-bond donors (Lipinski definition) is 4. The van der Waals surface area contributed by atoms with Crippen LogP contribution in [0.25, 0.3) is 11.3 Å². The van der Waals surface area contributed by atoms with Crippen LogP contribution in [0.1, 0.15) is 163 Å². The van der Waals surface area contributed by atoms with Crippen molar-refractivity contribution < 1.29 is 51.4 Å². The first-order chi connectivity index (χ1) is 32.5. The molecular formula is C51H78N6O11S. The number of nitrogens with two attached hydrogens (primary N) is 1. The number of amides is 5. The third-order valence-corrected chi connectivity index (χ3v) is 12.9.